The molecule has 0 radical (unpaired) electrons. The Morgan fingerprint density at radius 1 is 1.10 bits per heavy atom. The van der Waals surface area contributed by atoms with E-state index in [4.69, 9.17) is 4.74 Å². The summed E-state index contributed by atoms with van der Waals surface area (Å²) in [5, 5.41) is 0. The SMILES string of the molecule is CC1(/C=C/CCCCOCc2ccccc2)C=CCC=C1. The Balaban J connectivity index is 1.53. The third kappa shape index (κ3) is 6.14. The van der Waals surface area contributed by atoms with E-state index in [1.54, 1.807) is 0 Å². The zero-order valence-corrected chi connectivity index (χ0v) is 13.0. The van der Waals surface area contributed by atoms with Gasteiger partial charge in [0, 0.05) is 12.0 Å². The highest BCUT2D eigenvalue weighted by Gasteiger charge is 2.13. The van der Waals surface area contributed by atoms with E-state index in [9.17, 15) is 0 Å². The highest BCUT2D eigenvalue weighted by Crippen LogP contribution is 2.26. The maximum Gasteiger partial charge on any atom is 0.0716 e. The molecule has 0 unspecified atom stereocenters. The van der Waals surface area contributed by atoms with Gasteiger partial charge in [0.05, 0.1) is 6.61 Å². The first-order valence-corrected chi connectivity index (χ1v) is 7.93. The fourth-order valence-corrected chi connectivity index (χ4v) is 2.46. The predicted molar refractivity (Wildman–Crippen MR) is 90.1 cm³/mol. The van der Waals surface area contributed by atoms with Crippen LogP contribution in [0.15, 0.2) is 66.8 Å². The zero-order valence-electron chi connectivity index (χ0n) is 13.0. The van der Waals surface area contributed by atoms with Gasteiger partial charge in [-0.05, 0) is 38.2 Å². The maximum atomic E-state index is 5.69. The molecule has 1 aromatic rings. The first-order chi connectivity index (χ1) is 10.3. The van der Waals surface area contributed by atoms with E-state index in [1.165, 1.54) is 12.0 Å². The van der Waals surface area contributed by atoms with Crippen molar-refractivity contribution in [2.75, 3.05) is 6.61 Å². The monoisotopic (exact) mass is 282 g/mol. The molecule has 1 nitrogen and oxygen atoms in total. The molecule has 1 aromatic carbocycles. The van der Waals surface area contributed by atoms with E-state index in [2.05, 4.69) is 67.6 Å². The third-order valence-corrected chi connectivity index (χ3v) is 3.72. The number of rotatable bonds is 8. The molecule has 0 aliphatic heterocycles. The van der Waals surface area contributed by atoms with Crippen molar-refractivity contribution in [3.05, 3.63) is 72.4 Å². The lowest BCUT2D eigenvalue weighted by atomic mass is 9.86. The Morgan fingerprint density at radius 2 is 1.86 bits per heavy atom. The fourth-order valence-electron chi connectivity index (χ4n) is 2.46. The summed E-state index contributed by atoms with van der Waals surface area (Å²) in [4.78, 5) is 0. The van der Waals surface area contributed by atoms with Crippen LogP contribution in [0.4, 0.5) is 0 Å². The van der Waals surface area contributed by atoms with E-state index in [-0.39, 0.29) is 5.41 Å². The van der Waals surface area contributed by atoms with Crippen LogP contribution in [0, 0.1) is 5.41 Å². The molecule has 0 saturated carbocycles. The van der Waals surface area contributed by atoms with Crippen molar-refractivity contribution >= 4 is 0 Å². The molecule has 2 rings (SSSR count). The number of hydrogen-bond acceptors (Lipinski definition) is 1. The van der Waals surface area contributed by atoms with E-state index < -0.39 is 0 Å². The molecule has 0 atom stereocenters. The standard InChI is InChI=1S/C20H26O/c1-20(15-9-5-10-16-20)14-8-2-3-11-17-21-18-19-12-6-4-7-13-19/h4,6-10,12-16H,2-3,5,11,17-18H2,1H3/b14-8+. The highest BCUT2D eigenvalue weighted by molar-refractivity contribution is 5.23. The lowest BCUT2D eigenvalue weighted by molar-refractivity contribution is 0.117. The van der Waals surface area contributed by atoms with E-state index in [1.807, 2.05) is 6.07 Å². The minimum absolute atomic E-state index is 0.127. The number of hydrogen-bond donors (Lipinski definition) is 0. The van der Waals surface area contributed by atoms with Gasteiger partial charge in [-0.2, -0.15) is 0 Å². The van der Waals surface area contributed by atoms with Gasteiger partial charge in [-0.25, -0.2) is 0 Å². The summed E-state index contributed by atoms with van der Waals surface area (Å²) in [6.07, 6.45) is 18.2. The van der Waals surface area contributed by atoms with Crippen molar-refractivity contribution in [3.8, 4) is 0 Å². The molecule has 1 aliphatic carbocycles. The van der Waals surface area contributed by atoms with Crippen molar-refractivity contribution < 1.29 is 4.74 Å². The average Bonchev–Trinajstić information content (AvgIpc) is 2.52. The molecule has 0 aromatic heterocycles. The van der Waals surface area contributed by atoms with Crippen molar-refractivity contribution in [1.29, 1.82) is 0 Å². The Morgan fingerprint density at radius 3 is 2.62 bits per heavy atom. The normalized spacial score (nSPS) is 16.6. The largest absolute Gasteiger partial charge is 0.377 e. The Labute approximate surface area is 129 Å². The molecule has 112 valence electrons. The molecular weight excluding hydrogens is 256 g/mol. The zero-order chi connectivity index (χ0) is 14.8. The molecule has 1 aliphatic rings. The molecule has 0 saturated heterocycles. The van der Waals surface area contributed by atoms with Gasteiger partial charge in [0.2, 0.25) is 0 Å². The highest BCUT2D eigenvalue weighted by atomic mass is 16.5. The van der Waals surface area contributed by atoms with Crippen LogP contribution < -0.4 is 0 Å². The summed E-state index contributed by atoms with van der Waals surface area (Å²) in [6.45, 7) is 3.82. The van der Waals surface area contributed by atoms with E-state index in [0.717, 1.165) is 32.5 Å². The lowest BCUT2D eigenvalue weighted by Crippen LogP contribution is -2.06. The van der Waals surface area contributed by atoms with Crippen LogP contribution in [0.2, 0.25) is 0 Å². The van der Waals surface area contributed by atoms with Crippen molar-refractivity contribution in [3.63, 3.8) is 0 Å². The molecule has 21 heavy (non-hydrogen) atoms. The Kier molecular flexibility index (Phi) is 6.49. The van der Waals surface area contributed by atoms with Crippen molar-refractivity contribution in [2.45, 2.75) is 39.2 Å². The molecule has 1 heteroatoms. The van der Waals surface area contributed by atoms with Gasteiger partial charge in [-0.1, -0.05) is 66.8 Å². The number of ether oxygens (including phenoxy) is 1. The molecule has 0 spiro atoms. The predicted octanol–water partition coefficient (Wildman–Crippen LogP) is 5.45. The van der Waals surface area contributed by atoms with Crippen LogP contribution in [0.3, 0.4) is 0 Å². The second kappa shape index (κ2) is 8.63. The first-order valence-electron chi connectivity index (χ1n) is 7.93. The molecule has 0 amide bonds. The smallest absolute Gasteiger partial charge is 0.0716 e. The summed E-state index contributed by atoms with van der Waals surface area (Å²) in [7, 11) is 0. The Bertz CT molecular complexity index is 470. The van der Waals surface area contributed by atoms with Crippen molar-refractivity contribution in [1.82, 2.24) is 0 Å². The summed E-state index contributed by atoms with van der Waals surface area (Å²) in [5.74, 6) is 0. The molecule has 0 fully saturated rings. The van der Waals surface area contributed by atoms with Crippen LogP contribution in [0.25, 0.3) is 0 Å². The molecule has 0 bridgehead atoms. The van der Waals surface area contributed by atoms with Gasteiger partial charge in [0.15, 0.2) is 0 Å². The average molecular weight is 282 g/mol. The second-order valence-corrected chi connectivity index (χ2v) is 5.84. The second-order valence-electron chi connectivity index (χ2n) is 5.84. The van der Waals surface area contributed by atoms with Crippen LogP contribution >= 0.6 is 0 Å². The number of allylic oxidation sites excluding steroid dienone is 6. The van der Waals surface area contributed by atoms with Crippen LogP contribution in [0.1, 0.15) is 38.2 Å². The summed E-state index contributed by atoms with van der Waals surface area (Å²) < 4.78 is 5.69. The summed E-state index contributed by atoms with van der Waals surface area (Å²) >= 11 is 0. The fraction of sp³-hybridized carbons (Fsp3) is 0.400. The number of unbranched alkanes of at least 4 members (excludes halogenated alkanes) is 2. The maximum absolute atomic E-state index is 5.69. The van der Waals surface area contributed by atoms with Crippen LogP contribution in [0.5, 0.6) is 0 Å². The van der Waals surface area contributed by atoms with Crippen LogP contribution in [-0.4, -0.2) is 6.61 Å². The van der Waals surface area contributed by atoms with Gasteiger partial charge in [-0.3, -0.25) is 0 Å². The van der Waals surface area contributed by atoms with Gasteiger partial charge in [0.25, 0.3) is 0 Å². The van der Waals surface area contributed by atoms with Gasteiger partial charge in [0.1, 0.15) is 0 Å². The lowest BCUT2D eigenvalue weighted by Gasteiger charge is -2.19. The summed E-state index contributed by atoms with van der Waals surface area (Å²) in [6, 6.07) is 10.4. The molecule has 0 N–H and O–H groups in total. The third-order valence-electron chi connectivity index (χ3n) is 3.72. The number of benzene rings is 1. The van der Waals surface area contributed by atoms with Gasteiger partial charge >= 0.3 is 0 Å². The topological polar surface area (TPSA) is 9.23 Å². The van der Waals surface area contributed by atoms with E-state index in [0.29, 0.717) is 0 Å². The van der Waals surface area contributed by atoms with E-state index >= 15 is 0 Å². The van der Waals surface area contributed by atoms with Gasteiger partial charge < -0.3 is 4.74 Å². The van der Waals surface area contributed by atoms with Crippen molar-refractivity contribution in [2.24, 2.45) is 5.41 Å². The van der Waals surface area contributed by atoms with Gasteiger partial charge in [-0.15, -0.1) is 0 Å². The minimum atomic E-state index is 0.127. The molecule has 0 heterocycles. The Hall–Kier alpha value is -1.60. The first kappa shape index (κ1) is 15.8. The minimum Gasteiger partial charge on any atom is -0.377 e. The van der Waals surface area contributed by atoms with Crippen LogP contribution in [-0.2, 0) is 11.3 Å². The quantitative estimate of drug-likeness (QED) is 0.455. The molecular formula is C20H26O. The summed E-state index contributed by atoms with van der Waals surface area (Å²) in [5.41, 5.74) is 1.38.